The molecule has 30 heavy (non-hydrogen) atoms. The summed E-state index contributed by atoms with van der Waals surface area (Å²) in [5.74, 6) is -0.0145. The van der Waals surface area contributed by atoms with Crippen molar-refractivity contribution in [1.82, 2.24) is 14.7 Å². The van der Waals surface area contributed by atoms with Gasteiger partial charge < -0.3 is 9.80 Å². The molecule has 0 aliphatic carbocycles. The SMILES string of the molecule is O=C(Cc1ccc(F)cc1)N1CCN(C2CCN(CCc3ccccc3)C2=O)CC1. The molecule has 2 aliphatic rings. The molecule has 2 aromatic rings. The number of piperazine rings is 1. The fourth-order valence-corrected chi connectivity index (χ4v) is 4.36. The van der Waals surface area contributed by atoms with Crippen LogP contribution in [0.25, 0.3) is 0 Å². The standard InChI is InChI=1S/C24H28FN3O2/c25-21-8-6-20(7-9-21)18-23(29)27-16-14-26(15-17-27)22-11-13-28(24(22)30)12-10-19-4-2-1-3-5-19/h1-9,22H,10-18H2. The van der Waals surface area contributed by atoms with E-state index < -0.39 is 0 Å². The molecule has 1 unspecified atom stereocenters. The van der Waals surface area contributed by atoms with Gasteiger partial charge in [0, 0.05) is 39.3 Å². The van der Waals surface area contributed by atoms with Crippen LogP contribution in [-0.4, -0.2) is 71.8 Å². The summed E-state index contributed by atoms with van der Waals surface area (Å²) < 4.78 is 13.0. The minimum atomic E-state index is -0.293. The molecular weight excluding hydrogens is 381 g/mol. The lowest BCUT2D eigenvalue weighted by Crippen LogP contribution is -2.54. The number of amides is 2. The molecule has 2 amide bonds. The van der Waals surface area contributed by atoms with Crippen LogP contribution in [0.15, 0.2) is 54.6 Å². The molecular formula is C24H28FN3O2. The van der Waals surface area contributed by atoms with Crippen molar-refractivity contribution in [3.05, 3.63) is 71.5 Å². The van der Waals surface area contributed by atoms with Crippen molar-refractivity contribution in [3.63, 3.8) is 0 Å². The maximum atomic E-state index is 13.0. The van der Waals surface area contributed by atoms with E-state index in [1.165, 1.54) is 17.7 Å². The molecule has 2 heterocycles. The van der Waals surface area contributed by atoms with Gasteiger partial charge in [-0.25, -0.2) is 4.39 Å². The number of carbonyl (C=O) groups excluding carboxylic acids is 2. The Hall–Kier alpha value is -2.73. The minimum absolute atomic E-state index is 0.0588. The van der Waals surface area contributed by atoms with Crippen LogP contribution in [0, 0.1) is 5.82 Å². The summed E-state index contributed by atoms with van der Waals surface area (Å²) in [6, 6.07) is 16.3. The Morgan fingerprint density at radius 3 is 2.30 bits per heavy atom. The number of hydrogen-bond acceptors (Lipinski definition) is 3. The topological polar surface area (TPSA) is 43.9 Å². The highest BCUT2D eigenvalue weighted by molar-refractivity contribution is 5.84. The molecule has 0 bridgehead atoms. The average Bonchev–Trinajstić information content (AvgIpc) is 3.15. The van der Waals surface area contributed by atoms with Crippen molar-refractivity contribution in [2.45, 2.75) is 25.3 Å². The first-order chi connectivity index (χ1) is 14.6. The monoisotopic (exact) mass is 409 g/mol. The van der Waals surface area contributed by atoms with Crippen LogP contribution in [-0.2, 0) is 22.4 Å². The van der Waals surface area contributed by atoms with Crippen molar-refractivity contribution >= 4 is 11.8 Å². The third-order valence-electron chi connectivity index (χ3n) is 6.16. The molecule has 0 N–H and O–H groups in total. The molecule has 2 fully saturated rings. The smallest absolute Gasteiger partial charge is 0.240 e. The molecule has 5 nitrogen and oxygen atoms in total. The van der Waals surface area contributed by atoms with Crippen molar-refractivity contribution in [1.29, 1.82) is 0 Å². The number of halogens is 1. The Morgan fingerprint density at radius 2 is 1.60 bits per heavy atom. The first-order valence-corrected chi connectivity index (χ1v) is 10.7. The fourth-order valence-electron chi connectivity index (χ4n) is 4.36. The normalized spacial score (nSPS) is 20.0. The highest BCUT2D eigenvalue weighted by Gasteiger charge is 2.37. The van der Waals surface area contributed by atoms with Gasteiger partial charge in [0.2, 0.25) is 11.8 Å². The van der Waals surface area contributed by atoms with Crippen LogP contribution in [0.4, 0.5) is 4.39 Å². The van der Waals surface area contributed by atoms with Gasteiger partial charge in [-0.15, -0.1) is 0 Å². The number of rotatable bonds is 6. The van der Waals surface area contributed by atoms with Gasteiger partial charge in [0.05, 0.1) is 12.5 Å². The Bertz CT molecular complexity index is 864. The summed E-state index contributed by atoms with van der Waals surface area (Å²) >= 11 is 0. The molecule has 2 aromatic carbocycles. The van der Waals surface area contributed by atoms with Crippen LogP contribution in [0.5, 0.6) is 0 Å². The molecule has 0 saturated carbocycles. The second-order valence-corrected chi connectivity index (χ2v) is 8.09. The zero-order chi connectivity index (χ0) is 20.9. The first-order valence-electron chi connectivity index (χ1n) is 10.7. The number of likely N-dealkylation sites (tertiary alicyclic amines) is 1. The van der Waals surface area contributed by atoms with Crippen LogP contribution < -0.4 is 0 Å². The molecule has 4 rings (SSSR count). The average molecular weight is 410 g/mol. The fraction of sp³-hybridized carbons (Fsp3) is 0.417. The largest absolute Gasteiger partial charge is 0.341 e. The predicted molar refractivity (Wildman–Crippen MR) is 113 cm³/mol. The molecule has 0 aromatic heterocycles. The van der Waals surface area contributed by atoms with E-state index in [-0.39, 0.29) is 30.1 Å². The van der Waals surface area contributed by atoms with Crippen LogP contribution >= 0.6 is 0 Å². The van der Waals surface area contributed by atoms with Gasteiger partial charge in [-0.1, -0.05) is 42.5 Å². The summed E-state index contributed by atoms with van der Waals surface area (Å²) in [4.78, 5) is 31.5. The summed E-state index contributed by atoms with van der Waals surface area (Å²) in [6.07, 6.45) is 2.03. The molecule has 2 saturated heterocycles. The van der Waals surface area contributed by atoms with E-state index in [0.29, 0.717) is 13.1 Å². The minimum Gasteiger partial charge on any atom is -0.341 e. The van der Waals surface area contributed by atoms with Gasteiger partial charge in [-0.3, -0.25) is 14.5 Å². The third-order valence-corrected chi connectivity index (χ3v) is 6.16. The summed E-state index contributed by atoms with van der Waals surface area (Å²) in [6.45, 7) is 4.27. The Morgan fingerprint density at radius 1 is 0.900 bits per heavy atom. The highest BCUT2D eigenvalue weighted by Crippen LogP contribution is 2.20. The number of nitrogens with zero attached hydrogens (tertiary/aromatic N) is 3. The molecule has 1 atom stereocenters. The van der Waals surface area contributed by atoms with Gasteiger partial charge in [0.25, 0.3) is 0 Å². The number of hydrogen-bond donors (Lipinski definition) is 0. The van der Waals surface area contributed by atoms with Crippen LogP contribution in [0.2, 0.25) is 0 Å². The number of benzene rings is 2. The van der Waals surface area contributed by atoms with Gasteiger partial charge in [0.15, 0.2) is 0 Å². The summed E-state index contributed by atoms with van der Waals surface area (Å²) in [7, 11) is 0. The lowest BCUT2D eigenvalue weighted by atomic mass is 10.1. The lowest BCUT2D eigenvalue weighted by Gasteiger charge is -2.37. The Kier molecular flexibility index (Phi) is 6.43. The Labute approximate surface area is 177 Å². The zero-order valence-electron chi connectivity index (χ0n) is 17.2. The van der Waals surface area contributed by atoms with E-state index in [2.05, 4.69) is 17.0 Å². The van der Waals surface area contributed by atoms with Gasteiger partial charge >= 0.3 is 0 Å². The zero-order valence-corrected chi connectivity index (χ0v) is 17.2. The Balaban J connectivity index is 1.24. The molecule has 158 valence electrons. The van der Waals surface area contributed by atoms with E-state index in [0.717, 1.165) is 44.6 Å². The van der Waals surface area contributed by atoms with E-state index in [4.69, 9.17) is 0 Å². The predicted octanol–water partition coefficient (Wildman–Crippen LogP) is 2.36. The quantitative estimate of drug-likeness (QED) is 0.736. The summed E-state index contributed by atoms with van der Waals surface area (Å²) in [5, 5.41) is 0. The van der Waals surface area contributed by atoms with Crippen molar-refractivity contribution < 1.29 is 14.0 Å². The maximum Gasteiger partial charge on any atom is 0.240 e. The van der Waals surface area contributed by atoms with E-state index in [1.807, 2.05) is 28.0 Å². The molecule has 6 heteroatoms. The molecule has 0 spiro atoms. The highest BCUT2D eigenvalue weighted by atomic mass is 19.1. The lowest BCUT2D eigenvalue weighted by molar-refractivity contribution is -0.135. The van der Waals surface area contributed by atoms with E-state index in [1.54, 1.807) is 12.1 Å². The van der Waals surface area contributed by atoms with Crippen LogP contribution in [0.1, 0.15) is 17.5 Å². The third kappa shape index (κ3) is 4.87. The van der Waals surface area contributed by atoms with Gasteiger partial charge in [-0.2, -0.15) is 0 Å². The molecule has 0 radical (unpaired) electrons. The van der Waals surface area contributed by atoms with Gasteiger partial charge in [0.1, 0.15) is 5.82 Å². The second kappa shape index (κ2) is 9.39. The molecule has 2 aliphatic heterocycles. The van der Waals surface area contributed by atoms with E-state index in [9.17, 15) is 14.0 Å². The van der Waals surface area contributed by atoms with E-state index >= 15 is 0 Å². The van der Waals surface area contributed by atoms with Gasteiger partial charge in [-0.05, 0) is 36.1 Å². The first kappa shape index (κ1) is 20.5. The summed E-state index contributed by atoms with van der Waals surface area (Å²) in [5.41, 5.74) is 2.07. The maximum absolute atomic E-state index is 13.0. The number of carbonyl (C=O) groups is 2. The van der Waals surface area contributed by atoms with Crippen molar-refractivity contribution in [2.24, 2.45) is 0 Å². The van der Waals surface area contributed by atoms with Crippen molar-refractivity contribution in [3.8, 4) is 0 Å². The van der Waals surface area contributed by atoms with Crippen LogP contribution in [0.3, 0.4) is 0 Å². The second-order valence-electron chi connectivity index (χ2n) is 8.09. The van der Waals surface area contributed by atoms with Crippen molar-refractivity contribution in [2.75, 3.05) is 39.3 Å².